The average molecular weight is 143 g/mol. The number of nitrogens with two attached hydrogens (primary N) is 1. The van der Waals surface area contributed by atoms with Gasteiger partial charge in [0.2, 0.25) is 0 Å². The Bertz CT molecular complexity index is 86.9. The van der Waals surface area contributed by atoms with Crippen molar-refractivity contribution in [2.75, 3.05) is 46.3 Å². The van der Waals surface area contributed by atoms with Gasteiger partial charge in [0, 0.05) is 6.54 Å². The zero-order chi connectivity index (χ0) is 7.40. The smallest absolute Gasteiger partial charge is 0.135 e. The zero-order valence-corrected chi connectivity index (χ0v) is 6.71. The minimum Gasteiger partial charge on any atom is -0.325 e. The van der Waals surface area contributed by atoms with Crippen LogP contribution in [0.2, 0.25) is 0 Å². The van der Waals surface area contributed by atoms with Gasteiger partial charge in [0.15, 0.2) is 0 Å². The fourth-order valence-electron chi connectivity index (χ4n) is 1.25. The van der Waals surface area contributed by atoms with Gasteiger partial charge >= 0.3 is 0 Å². The van der Waals surface area contributed by atoms with Gasteiger partial charge in [0.05, 0.1) is 13.1 Å². The second kappa shape index (κ2) is 3.91. The summed E-state index contributed by atoms with van der Waals surface area (Å²) in [4.78, 5) is 4.77. The Balaban J connectivity index is 2.13. The summed E-state index contributed by atoms with van der Waals surface area (Å²) in [6.07, 6.45) is 0. The van der Waals surface area contributed by atoms with E-state index in [2.05, 4.69) is 16.8 Å². The van der Waals surface area contributed by atoms with Gasteiger partial charge in [-0.25, -0.2) is 0 Å². The quantitative estimate of drug-likeness (QED) is 0.505. The molecule has 3 nitrogen and oxygen atoms in total. The van der Waals surface area contributed by atoms with Gasteiger partial charge < -0.3 is 5.73 Å². The highest BCUT2D eigenvalue weighted by atomic mass is 15.2. The molecule has 0 amide bonds. The average Bonchev–Trinajstić information content (AvgIpc) is 1.95. The summed E-state index contributed by atoms with van der Waals surface area (Å²) >= 11 is 0. The molecule has 0 bridgehead atoms. The van der Waals surface area contributed by atoms with Crippen molar-refractivity contribution < 1.29 is 0 Å². The van der Waals surface area contributed by atoms with Crippen molar-refractivity contribution in [2.24, 2.45) is 5.73 Å². The van der Waals surface area contributed by atoms with Crippen molar-refractivity contribution in [1.29, 1.82) is 0 Å². The second-order valence-corrected chi connectivity index (χ2v) is 2.93. The number of hydrogen-bond acceptors (Lipinski definition) is 3. The van der Waals surface area contributed by atoms with E-state index in [4.69, 9.17) is 5.73 Å². The first-order valence-electron chi connectivity index (χ1n) is 3.94. The normalized spacial score (nSPS) is 23.4. The van der Waals surface area contributed by atoms with Crippen molar-refractivity contribution >= 4 is 0 Å². The maximum absolute atomic E-state index is 5.44. The van der Waals surface area contributed by atoms with Gasteiger partial charge in [-0.1, -0.05) is 0 Å². The number of hydrogen-bond donors (Lipinski definition) is 1. The van der Waals surface area contributed by atoms with Crippen molar-refractivity contribution in [3.8, 4) is 0 Å². The van der Waals surface area contributed by atoms with E-state index in [9.17, 15) is 0 Å². The van der Waals surface area contributed by atoms with Crippen molar-refractivity contribution in [3.05, 3.63) is 0 Å². The molecular formula is C7H17N3+. The summed E-state index contributed by atoms with van der Waals surface area (Å²) in [5.41, 5.74) is 5.44. The lowest BCUT2D eigenvalue weighted by Crippen LogP contribution is -2.49. The van der Waals surface area contributed by atoms with E-state index in [-0.39, 0.29) is 0 Å². The van der Waals surface area contributed by atoms with Gasteiger partial charge in [-0.05, 0) is 7.05 Å². The molecule has 1 radical (unpaired) electrons. The summed E-state index contributed by atoms with van der Waals surface area (Å²) in [5, 5.41) is 0. The van der Waals surface area contributed by atoms with Gasteiger partial charge in [-0.2, -0.15) is 4.90 Å². The van der Waals surface area contributed by atoms with Crippen LogP contribution in [0.3, 0.4) is 0 Å². The fraction of sp³-hybridized carbons (Fsp3) is 1.00. The number of nitrogens with zero attached hydrogens (tertiary/aromatic N) is 2. The molecule has 1 aliphatic heterocycles. The molecule has 2 N–H and O–H groups in total. The summed E-state index contributed by atoms with van der Waals surface area (Å²) in [6.45, 7) is 6.62. The standard InChI is InChI=1S/C7H17N3/c1-9-4-6-10(3-2-8)7-5-9/h2-8H2,1H3/q+1. The molecule has 0 aliphatic carbocycles. The van der Waals surface area contributed by atoms with Gasteiger partial charge in [-0.3, -0.25) is 4.90 Å². The minimum absolute atomic E-state index is 0.795. The maximum atomic E-state index is 5.44. The molecule has 1 fully saturated rings. The van der Waals surface area contributed by atoms with Crippen LogP contribution < -0.4 is 10.6 Å². The lowest BCUT2D eigenvalue weighted by molar-refractivity contribution is 0.224. The Labute approximate surface area is 62.8 Å². The fourth-order valence-corrected chi connectivity index (χ4v) is 1.25. The van der Waals surface area contributed by atoms with Crippen LogP contribution >= 0.6 is 0 Å². The number of piperazine rings is 1. The van der Waals surface area contributed by atoms with Crippen molar-refractivity contribution in [3.63, 3.8) is 0 Å². The van der Waals surface area contributed by atoms with Crippen LogP contribution in [0.25, 0.3) is 0 Å². The Hall–Kier alpha value is -0.120. The Morgan fingerprint density at radius 1 is 1.40 bits per heavy atom. The zero-order valence-electron chi connectivity index (χ0n) is 6.71. The lowest BCUT2D eigenvalue weighted by atomic mass is 10.3. The van der Waals surface area contributed by atoms with Crippen LogP contribution in [0.4, 0.5) is 0 Å². The monoisotopic (exact) mass is 143 g/mol. The van der Waals surface area contributed by atoms with Gasteiger partial charge in [0.1, 0.15) is 19.6 Å². The van der Waals surface area contributed by atoms with Gasteiger partial charge in [-0.15, -0.1) is 0 Å². The van der Waals surface area contributed by atoms with E-state index in [1.165, 1.54) is 26.2 Å². The molecule has 1 heterocycles. The molecule has 0 aromatic carbocycles. The van der Waals surface area contributed by atoms with Crippen LogP contribution in [0, 0.1) is 0 Å². The molecule has 3 heteroatoms. The Kier molecular flexibility index (Phi) is 3.12. The van der Waals surface area contributed by atoms with E-state index in [0.717, 1.165) is 13.1 Å². The third-order valence-electron chi connectivity index (χ3n) is 2.04. The van der Waals surface area contributed by atoms with E-state index in [1.807, 2.05) is 0 Å². The van der Waals surface area contributed by atoms with Crippen LogP contribution in [-0.2, 0) is 0 Å². The second-order valence-electron chi connectivity index (χ2n) is 2.93. The molecule has 1 saturated heterocycles. The first kappa shape index (κ1) is 7.98. The molecule has 0 saturated carbocycles. The number of rotatable bonds is 2. The summed E-state index contributed by atoms with van der Waals surface area (Å²) < 4.78 is 0. The molecule has 0 atom stereocenters. The van der Waals surface area contributed by atoms with E-state index in [1.54, 1.807) is 0 Å². The van der Waals surface area contributed by atoms with E-state index in [0.29, 0.717) is 0 Å². The number of likely N-dealkylation sites (N-methyl/N-ethyl adjacent to an activating group) is 1. The third kappa shape index (κ3) is 2.25. The molecule has 59 valence electrons. The summed E-state index contributed by atoms with van der Waals surface area (Å²) in [6, 6.07) is 0. The predicted molar refractivity (Wildman–Crippen MR) is 43.3 cm³/mol. The summed E-state index contributed by atoms with van der Waals surface area (Å²) in [7, 11) is 2.17. The topological polar surface area (TPSA) is 35.2 Å². The van der Waals surface area contributed by atoms with Crippen molar-refractivity contribution in [1.82, 2.24) is 9.80 Å². The largest absolute Gasteiger partial charge is 0.325 e. The lowest BCUT2D eigenvalue weighted by Gasteiger charge is -2.24. The molecule has 10 heavy (non-hydrogen) atoms. The van der Waals surface area contributed by atoms with Gasteiger partial charge in [0.25, 0.3) is 0 Å². The van der Waals surface area contributed by atoms with Crippen molar-refractivity contribution in [2.45, 2.75) is 0 Å². The molecule has 0 aromatic rings. The molecule has 0 unspecified atom stereocenters. The van der Waals surface area contributed by atoms with Crippen LogP contribution in [0.15, 0.2) is 0 Å². The third-order valence-corrected chi connectivity index (χ3v) is 2.04. The SMILES string of the molecule is CN1CC[N+](CCN)CC1. The summed E-state index contributed by atoms with van der Waals surface area (Å²) in [5.74, 6) is 0. The first-order valence-corrected chi connectivity index (χ1v) is 3.94. The van der Waals surface area contributed by atoms with E-state index < -0.39 is 0 Å². The first-order chi connectivity index (χ1) is 4.83. The van der Waals surface area contributed by atoms with Crippen LogP contribution in [0.1, 0.15) is 0 Å². The molecule has 0 aromatic heterocycles. The Morgan fingerprint density at radius 3 is 2.50 bits per heavy atom. The highest BCUT2D eigenvalue weighted by Crippen LogP contribution is 1.93. The van der Waals surface area contributed by atoms with Crippen LogP contribution in [-0.4, -0.2) is 51.2 Å². The molecule has 1 aliphatic rings. The molecule has 0 spiro atoms. The van der Waals surface area contributed by atoms with E-state index >= 15 is 0 Å². The molecule has 1 rings (SSSR count). The maximum Gasteiger partial charge on any atom is 0.135 e. The predicted octanol–water partition coefficient (Wildman–Crippen LogP) is -0.969. The minimum atomic E-state index is 0.795. The molecular weight excluding hydrogens is 126 g/mol. The Morgan fingerprint density at radius 2 is 2.00 bits per heavy atom. The highest BCUT2D eigenvalue weighted by molar-refractivity contribution is 4.73. The van der Waals surface area contributed by atoms with Crippen LogP contribution in [0.5, 0.6) is 0 Å². The highest BCUT2D eigenvalue weighted by Gasteiger charge is 2.20.